The summed E-state index contributed by atoms with van der Waals surface area (Å²) < 4.78 is 38.9. The van der Waals surface area contributed by atoms with Gasteiger partial charge in [-0.15, -0.1) is 11.3 Å². The molecule has 1 aromatic heterocycles. The van der Waals surface area contributed by atoms with E-state index in [1.807, 2.05) is 0 Å². The van der Waals surface area contributed by atoms with E-state index in [-0.39, 0.29) is 12.1 Å². The van der Waals surface area contributed by atoms with E-state index >= 15 is 0 Å². The largest absolute Gasteiger partial charge is 0.381 e. The third-order valence-corrected chi connectivity index (χ3v) is 8.26. The van der Waals surface area contributed by atoms with Gasteiger partial charge < -0.3 is 9.47 Å². The molecule has 4 rings (SSSR count). The molecule has 3 aliphatic rings. The maximum Gasteiger partial charge on any atom is 0.252 e. The number of ether oxygens (including phenoxy) is 2. The monoisotopic (exact) mass is 358 g/mol. The molecule has 23 heavy (non-hydrogen) atoms. The van der Waals surface area contributed by atoms with Crippen molar-refractivity contribution in [3.05, 3.63) is 17.5 Å². The maximum absolute atomic E-state index is 12.8. The third-order valence-electron chi connectivity index (χ3n) is 5.06. The van der Waals surface area contributed by atoms with E-state index in [9.17, 15) is 8.42 Å². The van der Waals surface area contributed by atoms with Crippen LogP contribution in [0.25, 0.3) is 0 Å². The molecule has 0 aliphatic carbocycles. The van der Waals surface area contributed by atoms with Crippen molar-refractivity contribution in [1.82, 2.24) is 9.21 Å². The molecule has 6 nitrogen and oxygen atoms in total. The number of fused-ring (bicyclic) bond motifs is 1. The van der Waals surface area contributed by atoms with Gasteiger partial charge in [-0.05, 0) is 24.3 Å². The average Bonchev–Trinajstić information content (AvgIpc) is 3.25. The van der Waals surface area contributed by atoms with Crippen molar-refractivity contribution in [1.29, 1.82) is 0 Å². The van der Waals surface area contributed by atoms with E-state index in [4.69, 9.17) is 9.47 Å². The summed E-state index contributed by atoms with van der Waals surface area (Å²) in [6, 6.07) is 4.12. The van der Waals surface area contributed by atoms with Crippen LogP contribution in [0.5, 0.6) is 0 Å². The molecule has 0 spiro atoms. The zero-order chi connectivity index (χ0) is 15.9. The van der Waals surface area contributed by atoms with Crippen LogP contribution in [0, 0.1) is 0 Å². The Bertz CT molecular complexity index is 628. The van der Waals surface area contributed by atoms with Crippen molar-refractivity contribution in [2.24, 2.45) is 0 Å². The molecule has 1 aromatic rings. The second-order valence-electron chi connectivity index (χ2n) is 6.31. The summed E-state index contributed by atoms with van der Waals surface area (Å²) >= 11 is 1.28. The summed E-state index contributed by atoms with van der Waals surface area (Å²) in [5, 5.41) is 1.81. The molecule has 0 N–H and O–H groups in total. The Labute approximate surface area is 141 Å². The molecule has 0 unspecified atom stereocenters. The predicted molar refractivity (Wildman–Crippen MR) is 87.2 cm³/mol. The smallest absolute Gasteiger partial charge is 0.252 e. The number of hydrogen-bond acceptors (Lipinski definition) is 6. The van der Waals surface area contributed by atoms with Crippen molar-refractivity contribution in [3.63, 3.8) is 0 Å². The van der Waals surface area contributed by atoms with Gasteiger partial charge in [0.1, 0.15) is 4.21 Å². The van der Waals surface area contributed by atoms with E-state index in [0.29, 0.717) is 29.9 Å². The van der Waals surface area contributed by atoms with Crippen LogP contribution in [0.1, 0.15) is 12.8 Å². The first kappa shape index (κ1) is 16.0. The fraction of sp³-hybridized carbons (Fsp3) is 0.733. The zero-order valence-corrected chi connectivity index (χ0v) is 14.6. The summed E-state index contributed by atoms with van der Waals surface area (Å²) in [5.41, 5.74) is 0. The van der Waals surface area contributed by atoms with Gasteiger partial charge in [-0.1, -0.05) is 6.07 Å². The second kappa shape index (κ2) is 6.42. The molecule has 2 atom stereocenters. The lowest BCUT2D eigenvalue weighted by Gasteiger charge is -2.43. The Balaban J connectivity index is 1.53. The molecule has 3 saturated heterocycles. The molecule has 0 amide bonds. The lowest BCUT2D eigenvalue weighted by Crippen LogP contribution is -2.56. The van der Waals surface area contributed by atoms with Crippen LogP contribution >= 0.6 is 11.3 Å². The fourth-order valence-electron chi connectivity index (χ4n) is 3.88. The standard InChI is InChI=1S/C15H22N2O4S2/c18-23(19,15-2-1-9-22-15)16-10-13-14(11-16)21-8-5-17(13)12-3-6-20-7-4-12/h1-2,9,12-14H,3-8,10-11H2/t13-,14+/m1/s1. The summed E-state index contributed by atoms with van der Waals surface area (Å²) in [7, 11) is -3.39. The number of nitrogens with zero attached hydrogens (tertiary/aromatic N) is 2. The van der Waals surface area contributed by atoms with Gasteiger partial charge in [-0.25, -0.2) is 8.42 Å². The topological polar surface area (TPSA) is 59.1 Å². The van der Waals surface area contributed by atoms with Crippen LogP contribution in [0.3, 0.4) is 0 Å². The molecule has 0 bridgehead atoms. The number of hydrogen-bond donors (Lipinski definition) is 0. The lowest BCUT2D eigenvalue weighted by atomic mass is 10.0. The van der Waals surface area contributed by atoms with Gasteiger partial charge in [0.25, 0.3) is 10.0 Å². The fourth-order valence-corrected chi connectivity index (χ4v) is 6.50. The van der Waals surface area contributed by atoms with Gasteiger partial charge in [0.05, 0.1) is 18.8 Å². The van der Waals surface area contributed by atoms with Crippen molar-refractivity contribution in [3.8, 4) is 0 Å². The van der Waals surface area contributed by atoms with Crippen molar-refractivity contribution in [2.45, 2.75) is 35.2 Å². The summed E-state index contributed by atoms with van der Waals surface area (Å²) in [5.74, 6) is 0. The van der Waals surface area contributed by atoms with E-state index in [2.05, 4.69) is 4.90 Å². The van der Waals surface area contributed by atoms with Crippen LogP contribution in [-0.4, -0.2) is 75.3 Å². The Morgan fingerprint density at radius 1 is 1.17 bits per heavy atom. The first-order valence-electron chi connectivity index (χ1n) is 8.15. The van der Waals surface area contributed by atoms with Crippen LogP contribution < -0.4 is 0 Å². The van der Waals surface area contributed by atoms with E-state index in [1.165, 1.54) is 11.3 Å². The lowest BCUT2D eigenvalue weighted by molar-refractivity contribution is -0.0807. The molecule has 3 aliphatic heterocycles. The van der Waals surface area contributed by atoms with E-state index < -0.39 is 10.0 Å². The number of thiophene rings is 1. The second-order valence-corrected chi connectivity index (χ2v) is 9.42. The van der Waals surface area contributed by atoms with Crippen molar-refractivity contribution < 1.29 is 17.9 Å². The minimum Gasteiger partial charge on any atom is -0.381 e. The van der Waals surface area contributed by atoms with Gasteiger partial charge >= 0.3 is 0 Å². The summed E-state index contributed by atoms with van der Waals surface area (Å²) in [6.07, 6.45) is 2.04. The van der Waals surface area contributed by atoms with Crippen molar-refractivity contribution >= 4 is 21.4 Å². The Morgan fingerprint density at radius 3 is 2.74 bits per heavy atom. The minimum atomic E-state index is -3.39. The van der Waals surface area contributed by atoms with Crippen LogP contribution in [0.4, 0.5) is 0 Å². The molecule has 0 aromatic carbocycles. The van der Waals surface area contributed by atoms with E-state index in [0.717, 1.165) is 32.6 Å². The highest BCUT2D eigenvalue weighted by atomic mass is 32.2. The predicted octanol–water partition coefficient (Wildman–Crippen LogP) is 1.00. The number of rotatable bonds is 3. The normalized spacial score (nSPS) is 31.3. The van der Waals surface area contributed by atoms with Gasteiger partial charge in [-0.2, -0.15) is 4.31 Å². The quantitative estimate of drug-likeness (QED) is 0.807. The molecular weight excluding hydrogens is 336 g/mol. The SMILES string of the molecule is O=S(=O)(c1cccs1)N1C[C@@H]2OCCN(C3CCOCC3)[C@@H]2C1. The number of sulfonamides is 1. The highest BCUT2D eigenvalue weighted by molar-refractivity contribution is 7.91. The van der Waals surface area contributed by atoms with Crippen LogP contribution in [0.2, 0.25) is 0 Å². The molecule has 0 saturated carbocycles. The molecule has 128 valence electrons. The zero-order valence-electron chi connectivity index (χ0n) is 13.0. The van der Waals surface area contributed by atoms with Gasteiger partial charge in [0.2, 0.25) is 0 Å². The molecule has 0 radical (unpaired) electrons. The van der Waals surface area contributed by atoms with Gasteiger partial charge in [0, 0.05) is 38.9 Å². The Kier molecular flexibility index (Phi) is 4.46. The minimum absolute atomic E-state index is 0.0127. The Morgan fingerprint density at radius 2 is 2.00 bits per heavy atom. The highest BCUT2D eigenvalue weighted by Crippen LogP contribution is 2.32. The molecule has 8 heteroatoms. The van der Waals surface area contributed by atoms with Crippen LogP contribution in [0.15, 0.2) is 21.7 Å². The third kappa shape index (κ3) is 2.96. The average molecular weight is 358 g/mol. The van der Waals surface area contributed by atoms with Crippen molar-refractivity contribution in [2.75, 3.05) is 39.5 Å². The summed E-state index contributed by atoms with van der Waals surface area (Å²) in [4.78, 5) is 2.47. The molecule has 4 heterocycles. The maximum atomic E-state index is 12.8. The first-order chi connectivity index (χ1) is 11.2. The highest BCUT2D eigenvalue weighted by Gasteiger charge is 2.46. The number of morpholine rings is 1. The molecular formula is C15H22N2O4S2. The van der Waals surface area contributed by atoms with Crippen LogP contribution in [-0.2, 0) is 19.5 Å². The Hall–Kier alpha value is -0.510. The van der Waals surface area contributed by atoms with E-state index in [1.54, 1.807) is 21.8 Å². The molecule has 3 fully saturated rings. The van der Waals surface area contributed by atoms with Gasteiger partial charge in [-0.3, -0.25) is 4.90 Å². The van der Waals surface area contributed by atoms with Gasteiger partial charge in [0.15, 0.2) is 0 Å². The first-order valence-corrected chi connectivity index (χ1v) is 10.5. The summed E-state index contributed by atoms with van der Waals surface area (Å²) in [6.45, 7) is 4.17.